The van der Waals surface area contributed by atoms with Crippen LogP contribution in [0.5, 0.6) is 0 Å². The number of nitrogens with one attached hydrogen (secondary N) is 1. The van der Waals surface area contributed by atoms with Crippen LogP contribution in [0.4, 0.5) is 0 Å². The van der Waals surface area contributed by atoms with E-state index >= 15 is 0 Å². The van der Waals surface area contributed by atoms with E-state index in [9.17, 15) is 0 Å². The predicted octanol–water partition coefficient (Wildman–Crippen LogP) is 1.06. The van der Waals surface area contributed by atoms with Gasteiger partial charge in [0.15, 0.2) is 5.49 Å². The van der Waals surface area contributed by atoms with E-state index in [0.717, 1.165) is 21.7 Å². The van der Waals surface area contributed by atoms with Crippen LogP contribution in [-0.4, -0.2) is 16.5 Å². The number of hydrogen-bond acceptors (Lipinski definition) is 2. The van der Waals surface area contributed by atoms with Crippen LogP contribution in [0.1, 0.15) is 5.56 Å². The summed E-state index contributed by atoms with van der Waals surface area (Å²) in [7, 11) is 0. The number of nitrogens with zero attached hydrogens (tertiary/aromatic N) is 2. The molecule has 0 saturated carbocycles. The average molecular weight is 215 g/mol. The molecule has 0 atom stereocenters. The van der Waals surface area contributed by atoms with Gasteiger partial charge in [0.1, 0.15) is 10.3 Å². The monoisotopic (exact) mass is 215 g/mol. The fourth-order valence-electron chi connectivity index (χ4n) is 1.83. The maximum absolute atomic E-state index is 5.03. The fourth-order valence-corrected chi connectivity index (χ4v) is 1.98. The number of fused-ring (bicyclic) bond motifs is 3. The van der Waals surface area contributed by atoms with E-state index in [0.29, 0.717) is 11.5 Å². The Morgan fingerprint density at radius 2 is 2.27 bits per heavy atom. The normalized spacial score (nSPS) is 14.6. The first-order chi connectivity index (χ1) is 7.24. The maximum atomic E-state index is 5.03. The van der Waals surface area contributed by atoms with Crippen molar-refractivity contribution in [1.82, 2.24) is 4.98 Å². The Labute approximate surface area is 91.6 Å². The number of aromatic nitrogens is 1. The van der Waals surface area contributed by atoms with Gasteiger partial charge in [0, 0.05) is 10.9 Å². The number of thiocarbonyl (C=S) groups is 1. The highest BCUT2D eigenvalue weighted by Crippen LogP contribution is 2.08. The Kier molecular flexibility index (Phi) is 1.73. The van der Waals surface area contributed by atoms with Crippen molar-refractivity contribution in [2.45, 2.75) is 6.92 Å². The van der Waals surface area contributed by atoms with E-state index in [4.69, 9.17) is 12.2 Å². The maximum Gasteiger partial charge on any atom is 0.158 e. The van der Waals surface area contributed by atoms with Gasteiger partial charge in [-0.1, -0.05) is 23.8 Å². The zero-order valence-corrected chi connectivity index (χ0v) is 9.06. The number of H-pyrrole nitrogens is 1. The fraction of sp³-hybridized carbons (Fsp3) is 0.182. The van der Waals surface area contributed by atoms with E-state index < -0.39 is 0 Å². The van der Waals surface area contributed by atoms with Gasteiger partial charge in [-0.2, -0.15) is 0 Å². The van der Waals surface area contributed by atoms with Gasteiger partial charge in [-0.15, -0.1) is 0 Å². The summed E-state index contributed by atoms with van der Waals surface area (Å²) >= 11 is 5.03. The van der Waals surface area contributed by atoms with Crippen molar-refractivity contribution in [2.75, 3.05) is 6.54 Å². The Morgan fingerprint density at radius 1 is 1.40 bits per heavy atom. The van der Waals surface area contributed by atoms with E-state index in [1.54, 1.807) is 0 Å². The number of aryl methyl sites for hydroxylation is 1. The van der Waals surface area contributed by atoms with Gasteiger partial charge in [0.05, 0.1) is 6.54 Å². The number of benzene rings is 1. The van der Waals surface area contributed by atoms with Crippen LogP contribution in [0.3, 0.4) is 0 Å². The summed E-state index contributed by atoms with van der Waals surface area (Å²) in [6.07, 6.45) is 0. The predicted molar refractivity (Wildman–Crippen MR) is 62.8 cm³/mol. The van der Waals surface area contributed by atoms with Crippen LogP contribution in [0.15, 0.2) is 28.2 Å². The van der Waals surface area contributed by atoms with Gasteiger partial charge >= 0.3 is 0 Å². The summed E-state index contributed by atoms with van der Waals surface area (Å²) in [6.45, 7) is 2.60. The molecule has 3 rings (SSSR count). The summed E-state index contributed by atoms with van der Waals surface area (Å²) in [4.78, 5) is 12.6. The van der Waals surface area contributed by atoms with Crippen molar-refractivity contribution >= 4 is 28.1 Å². The summed E-state index contributed by atoms with van der Waals surface area (Å²) in [5.74, 6) is 0. The molecular formula is C11H9N3S. The van der Waals surface area contributed by atoms with E-state index in [-0.39, 0.29) is 0 Å². The topological polar surface area (TPSA) is 40.5 Å². The molecule has 4 heteroatoms. The van der Waals surface area contributed by atoms with Gasteiger partial charge in [0.2, 0.25) is 0 Å². The Bertz CT molecular complexity index is 682. The third kappa shape index (κ3) is 1.29. The third-order valence-electron chi connectivity index (χ3n) is 2.52. The second kappa shape index (κ2) is 2.97. The van der Waals surface area contributed by atoms with E-state index in [1.165, 1.54) is 5.56 Å². The minimum absolute atomic E-state index is 0.531. The zero-order chi connectivity index (χ0) is 10.4. The molecule has 0 bridgehead atoms. The Balaban J connectivity index is 2.54. The minimum Gasteiger partial charge on any atom is -0.338 e. The van der Waals surface area contributed by atoms with Crippen molar-refractivity contribution in [2.24, 2.45) is 9.98 Å². The molecule has 3 nitrogen and oxygen atoms in total. The SMILES string of the molecule is Cc1ccc2[nH]c3c(c2c1)=NCC(=S)N=3. The lowest BCUT2D eigenvalue weighted by atomic mass is 10.2. The largest absolute Gasteiger partial charge is 0.338 e. The molecule has 1 aliphatic rings. The molecule has 15 heavy (non-hydrogen) atoms. The molecular weight excluding hydrogens is 206 g/mol. The molecule has 1 aromatic heterocycles. The standard InChI is InChI=1S/C11H9N3S/c1-6-2-3-8-7(4-6)10-11(13-8)14-9(15)5-12-10/h2-4H,5H2,1H3,(H,13,14,15). The third-order valence-corrected chi connectivity index (χ3v) is 2.74. The lowest BCUT2D eigenvalue weighted by Gasteiger charge is -1.95. The van der Waals surface area contributed by atoms with Crippen molar-refractivity contribution in [3.05, 3.63) is 34.6 Å². The van der Waals surface area contributed by atoms with E-state index in [2.05, 4.69) is 40.1 Å². The quantitative estimate of drug-likeness (QED) is 0.656. The first-order valence-electron chi connectivity index (χ1n) is 4.78. The molecule has 0 radical (unpaired) electrons. The lowest BCUT2D eigenvalue weighted by Crippen LogP contribution is -2.30. The molecule has 0 aliphatic carbocycles. The number of hydrogen-bond donors (Lipinski definition) is 1. The van der Waals surface area contributed by atoms with Gasteiger partial charge in [-0.25, -0.2) is 4.99 Å². The summed E-state index contributed by atoms with van der Waals surface area (Å²) in [6, 6.07) is 6.25. The molecule has 1 N–H and O–H groups in total. The highest BCUT2D eigenvalue weighted by Gasteiger charge is 2.07. The molecule has 2 aromatic rings. The average Bonchev–Trinajstić information content (AvgIpc) is 2.54. The molecule has 0 spiro atoms. The van der Waals surface area contributed by atoms with Crippen molar-refractivity contribution in [1.29, 1.82) is 0 Å². The molecule has 0 fully saturated rings. The van der Waals surface area contributed by atoms with Gasteiger partial charge in [-0.05, 0) is 19.1 Å². The summed E-state index contributed by atoms with van der Waals surface area (Å²) < 4.78 is 0. The molecule has 0 unspecified atom stereocenters. The summed E-state index contributed by atoms with van der Waals surface area (Å²) in [5.41, 5.74) is 3.10. The Morgan fingerprint density at radius 3 is 3.13 bits per heavy atom. The highest BCUT2D eigenvalue weighted by atomic mass is 32.1. The zero-order valence-electron chi connectivity index (χ0n) is 8.24. The lowest BCUT2D eigenvalue weighted by molar-refractivity contribution is 1.08. The van der Waals surface area contributed by atoms with Crippen LogP contribution >= 0.6 is 12.2 Å². The molecule has 0 amide bonds. The van der Waals surface area contributed by atoms with Crippen LogP contribution in [0, 0.1) is 6.92 Å². The van der Waals surface area contributed by atoms with Gasteiger partial charge in [-0.3, -0.25) is 4.99 Å². The van der Waals surface area contributed by atoms with Crippen LogP contribution < -0.4 is 10.8 Å². The molecule has 1 aromatic carbocycles. The van der Waals surface area contributed by atoms with Crippen molar-refractivity contribution in [3.63, 3.8) is 0 Å². The second-order valence-electron chi connectivity index (χ2n) is 3.69. The van der Waals surface area contributed by atoms with Gasteiger partial charge in [0.25, 0.3) is 0 Å². The molecule has 2 heterocycles. The molecule has 1 aliphatic heterocycles. The number of rotatable bonds is 0. The van der Waals surface area contributed by atoms with Crippen LogP contribution in [0.25, 0.3) is 10.9 Å². The van der Waals surface area contributed by atoms with Crippen molar-refractivity contribution in [3.8, 4) is 0 Å². The summed E-state index contributed by atoms with van der Waals surface area (Å²) in [5, 5.41) is 2.08. The second-order valence-corrected chi connectivity index (χ2v) is 4.16. The molecule has 0 saturated heterocycles. The number of aromatic amines is 1. The smallest absolute Gasteiger partial charge is 0.158 e. The van der Waals surface area contributed by atoms with Crippen LogP contribution in [-0.2, 0) is 0 Å². The minimum atomic E-state index is 0.531. The van der Waals surface area contributed by atoms with Gasteiger partial charge < -0.3 is 4.98 Å². The first kappa shape index (κ1) is 8.73. The van der Waals surface area contributed by atoms with E-state index in [1.807, 2.05) is 0 Å². The highest BCUT2D eigenvalue weighted by molar-refractivity contribution is 7.80. The van der Waals surface area contributed by atoms with Crippen LogP contribution in [0.2, 0.25) is 0 Å². The molecule has 74 valence electrons. The first-order valence-corrected chi connectivity index (χ1v) is 5.19. The van der Waals surface area contributed by atoms with Crippen molar-refractivity contribution < 1.29 is 0 Å². The Hall–Kier alpha value is -1.55.